The molecule has 242 valence electrons. The first-order valence-corrected chi connectivity index (χ1v) is 13.7. The number of nitrogens with zero attached hydrogens (tertiary/aromatic N) is 3. The number of hydroxylamine groups is 6. The highest BCUT2D eigenvalue weighted by Crippen LogP contribution is 2.04. The molecule has 0 aromatic carbocycles. The number of hydrogen-bond acceptors (Lipinski definition) is 9. The Bertz CT molecular complexity index is 883. The van der Waals surface area contributed by atoms with E-state index in [1.807, 2.05) is 0 Å². The number of carbonyl (C=O) groups is 6. The van der Waals surface area contributed by atoms with E-state index in [9.17, 15) is 53.2 Å². The third kappa shape index (κ3) is 20.4. The number of hydrogen-bond donors (Lipinski definition) is 6. The van der Waals surface area contributed by atoms with Crippen molar-refractivity contribution in [2.75, 3.05) is 39.3 Å². The van der Waals surface area contributed by atoms with Crippen molar-refractivity contribution in [2.24, 2.45) is 0 Å². The number of alkyl halides is 2. The van der Waals surface area contributed by atoms with E-state index in [4.69, 9.17) is 0 Å². The van der Waals surface area contributed by atoms with Crippen molar-refractivity contribution in [1.82, 2.24) is 31.1 Å². The van der Waals surface area contributed by atoms with Crippen molar-refractivity contribution in [2.45, 2.75) is 84.0 Å². The molecule has 0 aliphatic carbocycles. The monoisotopic (exact) mass is 610 g/mol. The van der Waals surface area contributed by atoms with E-state index in [1.54, 1.807) is 0 Å². The zero-order chi connectivity index (χ0) is 32.1. The molecule has 0 aromatic heterocycles. The second-order valence-corrected chi connectivity index (χ2v) is 9.60. The number of halogens is 2. The third-order valence-corrected chi connectivity index (χ3v) is 5.84. The highest BCUT2D eigenvalue weighted by atomic mass is 19.1. The molecule has 17 heteroatoms. The molecule has 0 aliphatic rings. The van der Waals surface area contributed by atoms with E-state index in [0.29, 0.717) is 34.5 Å². The van der Waals surface area contributed by atoms with E-state index in [1.165, 1.54) is 6.92 Å². The molecule has 2 unspecified atom stereocenters. The van der Waals surface area contributed by atoms with E-state index >= 15 is 0 Å². The Morgan fingerprint density at radius 1 is 0.619 bits per heavy atom. The van der Waals surface area contributed by atoms with Crippen molar-refractivity contribution in [1.29, 1.82) is 0 Å². The van der Waals surface area contributed by atoms with Gasteiger partial charge in [-0.3, -0.25) is 44.4 Å². The third-order valence-electron chi connectivity index (χ3n) is 5.84. The summed E-state index contributed by atoms with van der Waals surface area (Å²) in [7, 11) is 0. The predicted octanol–water partition coefficient (Wildman–Crippen LogP) is 0.215. The van der Waals surface area contributed by atoms with E-state index < -0.39 is 47.8 Å². The van der Waals surface area contributed by atoms with Crippen molar-refractivity contribution < 1.29 is 53.2 Å². The van der Waals surface area contributed by atoms with Gasteiger partial charge in [0.05, 0.1) is 13.1 Å². The van der Waals surface area contributed by atoms with Crippen molar-refractivity contribution in [3.05, 3.63) is 0 Å². The summed E-state index contributed by atoms with van der Waals surface area (Å²) in [6, 6.07) is 0. The van der Waals surface area contributed by atoms with Crippen LogP contribution in [0.3, 0.4) is 0 Å². The molecule has 42 heavy (non-hydrogen) atoms. The van der Waals surface area contributed by atoms with Crippen LogP contribution in [-0.2, 0) is 28.8 Å². The molecule has 0 fully saturated rings. The van der Waals surface area contributed by atoms with Gasteiger partial charge in [0.15, 0.2) is 0 Å². The highest BCUT2D eigenvalue weighted by Gasteiger charge is 2.17. The van der Waals surface area contributed by atoms with Crippen LogP contribution in [0.15, 0.2) is 0 Å². The Kier molecular flexibility index (Phi) is 20.4. The molecule has 0 aromatic rings. The minimum absolute atomic E-state index is 0.000148. The molecule has 0 radical (unpaired) electrons. The van der Waals surface area contributed by atoms with Crippen molar-refractivity contribution >= 4 is 35.4 Å². The highest BCUT2D eigenvalue weighted by molar-refractivity contribution is 5.83. The lowest BCUT2D eigenvalue weighted by atomic mass is 10.2. The number of unbranched alkanes of at least 4 members (excludes halogenated alkanes) is 2. The fraction of sp³-hybridized carbons (Fsp3) is 0.760. The van der Waals surface area contributed by atoms with Gasteiger partial charge in [0.25, 0.3) is 0 Å². The molecular weight excluding hydrogens is 566 g/mol. The lowest BCUT2D eigenvalue weighted by Crippen LogP contribution is -2.34. The number of amides is 6. The van der Waals surface area contributed by atoms with Gasteiger partial charge in [-0.05, 0) is 19.3 Å². The Balaban J connectivity index is 3.90. The Hall–Kier alpha value is -3.44. The zero-order valence-corrected chi connectivity index (χ0v) is 24.2. The number of nitrogens with one attached hydrogen (secondary N) is 3. The van der Waals surface area contributed by atoms with Gasteiger partial charge >= 0.3 is 0 Å². The Labute approximate surface area is 243 Å². The minimum Gasteiger partial charge on any atom is -0.356 e. The standard InChI is InChI=1S/C25H44F2N6O9/c1-18(34)29-16-20(26)11-15-33(42)25(39)8-6-22(36)28-12-4-3-5-13-32(41)24(38)9-7-23(37)30-17-21(27)10-14-31(40)19(2)35/h20-21,40-42H,3-17H2,1-2H3,(H,28,36)(H,29,34)(H,30,37). The van der Waals surface area contributed by atoms with E-state index in [0.717, 1.165) is 6.92 Å². The van der Waals surface area contributed by atoms with Gasteiger partial charge in [-0.25, -0.2) is 24.0 Å². The molecule has 0 spiro atoms. The minimum atomic E-state index is -1.50. The molecule has 2 atom stereocenters. The van der Waals surface area contributed by atoms with Crippen molar-refractivity contribution in [3.63, 3.8) is 0 Å². The summed E-state index contributed by atoms with van der Waals surface area (Å²) in [5.41, 5.74) is 0. The van der Waals surface area contributed by atoms with E-state index in [2.05, 4.69) is 16.0 Å². The van der Waals surface area contributed by atoms with Crippen LogP contribution in [0, 0.1) is 0 Å². The first-order chi connectivity index (χ1) is 19.7. The molecule has 0 heterocycles. The quantitative estimate of drug-likeness (QED) is 0.0562. The Morgan fingerprint density at radius 3 is 1.62 bits per heavy atom. The summed E-state index contributed by atoms with van der Waals surface area (Å²) in [6.07, 6.45) is -2.83. The maximum absolute atomic E-state index is 13.7. The van der Waals surface area contributed by atoms with Crippen LogP contribution in [0.5, 0.6) is 0 Å². The first-order valence-electron chi connectivity index (χ1n) is 13.7. The molecule has 0 saturated carbocycles. The predicted molar refractivity (Wildman–Crippen MR) is 142 cm³/mol. The topological polar surface area (TPSA) is 209 Å². The van der Waals surface area contributed by atoms with Crippen LogP contribution in [0.1, 0.15) is 71.6 Å². The maximum atomic E-state index is 13.7. The lowest BCUT2D eigenvalue weighted by molar-refractivity contribution is -0.166. The number of carbonyl (C=O) groups excluding carboxylic acids is 6. The van der Waals surface area contributed by atoms with Gasteiger partial charge < -0.3 is 16.0 Å². The normalized spacial score (nSPS) is 12.1. The molecule has 0 rings (SSSR count). The second-order valence-electron chi connectivity index (χ2n) is 9.60. The maximum Gasteiger partial charge on any atom is 0.246 e. The molecule has 0 aliphatic heterocycles. The van der Waals surface area contributed by atoms with Gasteiger partial charge in [-0.1, -0.05) is 0 Å². The van der Waals surface area contributed by atoms with Crippen LogP contribution >= 0.6 is 0 Å². The van der Waals surface area contributed by atoms with Gasteiger partial charge in [0.2, 0.25) is 35.4 Å². The van der Waals surface area contributed by atoms with Gasteiger partial charge in [0, 0.05) is 78.6 Å². The SMILES string of the molecule is CC(=O)NCC(F)CCN(O)C(=O)CCC(=O)NCCCCCN(O)C(=O)CCC(=O)NCC(F)CCN(O)C(C)=O. The average molecular weight is 611 g/mol. The summed E-state index contributed by atoms with van der Waals surface area (Å²) >= 11 is 0. The molecular formula is C25H44F2N6O9. The summed E-state index contributed by atoms with van der Waals surface area (Å²) < 4.78 is 27.3. The molecule has 6 amide bonds. The Morgan fingerprint density at radius 2 is 1.10 bits per heavy atom. The largest absolute Gasteiger partial charge is 0.356 e. The van der Waals surface area contributed by atoms with Crippen LogP contribution in [0.25, 0.3) is 0 Å². The van der Waals surface area contributed by atoms with Gasteiger partial charge in [-0.15, -0.1) is 0 Å². The van der Waals surface area contributed by atoms with E-state index in [-0.39, 0.29) is 77.8 Å². The average Bonchev–Trinajstić information content (AvgIpc) is 2.95. The molecule has 6 N–H and O–H groups in total. The second kappa shape index (κ2) is 22.2. The molecule has 15 nitrogen and oxygen atoms in total. The molecule has 0 saturated heterocycles. The lowest BCUT2D eigenvalue weighted by Gasteiger charge is -2.16. The zero-order valence-electron chi connectivity index (χ0n) is 24.2. The molecule has 0 bridgehead atoms. The summed E-state index contributed by atoms with van der Waals surface area (Å²) in [4.78, 5) is 69.1. The smallest absolute Gasteiger partial charge is 0.246 e. The first kappa shape index (κ1) is 38.6. The van der Waals surface area contributed by atoms with Crippen LogP contribution in [-0.4, -0.2) is 118 Å². The fourth-order valence-corrected chi connectivity index (χ4v) is 3.28. The van der Waals surface area contributed by atoms with Crippen LogP contribution < -0.4 is 16.0 Å². The summed E-state index contributed by atoms with van der Waals surface area (Å²) in [6.45, 7) is 1.55. The fourth-order valence-electron chi connectivity index (χ4n) is 3.28. The number of rotatable bonds is 22. The van der Waals surface area contributed by atoms with Crippen molar-refractivity contribution in [3.8, 4) is 0 Å². The van der Waals surface area contributed by atoms with Gasteiger partial charge in [-0.2, -0.15) is 0 Å². The van der Waals surface area contributed by atoms with Gasteiger partial charge in [0.1, 0.15) is 12.3 Å². The van der Waals surface area contributed by atoms with Crippen LogP contribution in [0.2, 0.25) is 0 Å². The van der Waals surface area contributed by atoms with Crippen LogP contribution in [0.4, 0.5) is 8.78 Å². The summed E-state index contributed by atoms with van der Waals surface area (Å²) in [5, 5.41) is 37.0. The summed E-state index contributed by atoms with van der Waals surface area (Å²) in [5.74, 6) is -3.47.